The van der Waals surface area contributed by atoms with E-state index in [9.17, 15) is 5.11 Å². The molecule has 0 bridgehead atoms. The molecule has 4 aliphatic rings. The number of aliphatic hydroxyl groups excluding tert-OH is 1. The average molecular weight is 1160 g/mol. The first-order valence-corrected chi connectivity index (χ1v) is 31.2. The van der Waals surface area contributed by atoms with Crippen LogP contribution in [0.4, 0.5) is 0 Å². The standard InChI is InChI=1S/C81H76O7/c1-76(2,57-33-37-63(38-34-57)81(66-43-47-69(48-44-66)84-51-70-52-85-70)56-79(61-25-13-7-14-26-61,62-27-15-8-16-28-62)73-30-18-20-32-75(73)81)87-50-67(82)49-83-68-45-41-65(42-46-68)80(64-39-35-58(36-40-64)77(3,4)88-54-71-53-86-71)55-78(59-21-9-5-10-22-59,60-23-11-6-12-24-60)72-29-17-19-31-74(72)80/h5-48,67,70-71,82H,49-56H2,1-4H3. The molecule has 5 unspecified atom stereocenters. The lowest BCUT2D eigenvalue weighted by Gasteiger charge is -2.37. The summed E-state index contributed by atoms with van der Waals surface area (Å²) in [7, 11) is 0. The molecular weight excluding hydrogens is 1080 g/mol. The van der Waals surface area contributed by atoms with Crippen LogP contribution >= 0.6 is 0 Å². The SMILES string of the molecule is CC(C)(OCC(O)COc1ccc(C2(c3ccc(C(C)(C)OCC4CO4)cc3)CC(c3ccccc3)(c3ccccc3)c3ccccc32)cc1)c1ccc(C2(c3ccc(OCC4CO4)cc3)CC(c3ccccc3)(c3ccccc3)c3ccccc32)cc1. The van der Waals surface area contributed by atoms with E-state index < -0.39 is 39.0 Å². The van der Waals surface area contributed by atoms with E-state index in [0.29, 0.717) is 19.0 Å². The number of aliphatic hydroxyl groups is 1. The summed E-state index contributed by atoms with van der Waals surface area (Å²) in [6.07, 6.45) is 0.990. The van der Waals surface area contributed by atoms with Crippen LogP contribution in [0.15, 0.2) is 267 Å². The Bertz CT molecular complexity index is 3910. The molecule has 7 heteroatoms. The van der Waals surface area contributed by atoms with E-state index in [0.717, 1.165) is 48.5 Å². The lowest BCUT2D eigenvalue weighted by Crippen LogP contribution is -2.33. The molecule has 2 fully saturated rings. The van der Waals surface area contributed by atoms with Gasteiger partial charge in [-0.3, -0.25) is 0 Å². The predicted octanol–water partition coefficient (Wildman–Crippen LogP) is 16.0. The molecule has 1 N–H and O–H groups in total. The van der Waals surface area contributed by atoms with Gasteiger partial charge in [0.15, 0.2) is 0 Å². The van der Waals surface area contributed by atoms with Crippen molar-refractivity contribution >= 4 is 0 Å². The average Bonchev–Trinajstić information content (AvgIpc) is 1.56. The van der Waals surface area contributed by atoms with Crippen LogP contribution < -0.4 is 9.47 Å². The molecule has 7 nitrogen and oxygen atoms in total. The van der Waals surface area contributed by atoms with Gasteiger partial charge in [0.1, 0.15) is 43.0 Å². The van der Waals surface area contributed by atoms with Gasteiger partial charge in [-0.2, -0.15) is 0 Å². The monoisotopic (exact) mass is 1160 g/mol. The zero-order chi connectivity index (χ0) is 60.0. The van der Waals surface area contributed by atoms with Crippen LogP contribution in [-0.4, -0.2) is 63.1 Å². The van der Waals surface area contributed by atoms with Crippen molar-refractivity contribution in [2.45, 2.75) is 91.7 Å². The second-order valence-corrected chi connectivity index (χ2v) is 25.6. The molecule has 0 spiro atoms. The number of benzene rings is 10. The van der Waals surface area contributed by atoms with Crippen LogP contribution in [0.3, 0.4) is 0 Å². The van der Waals surface area contributed by atoms with Gasteiger partial charge < -0.3 is 33.5 Å². The minimum Gasteiger partial charge on any atom is -0.491 e. The summed E-state index contributed by atoms with van der Waals surface area (Å²) in [4.78, 5) is 0. The first kappa shape index (κ1) is 57.4. The number of rotatable bonds is 22. The molecule has 0 aromatic heterocycles. The maximum atomic E-state index is 11.6. The molecule has 2 aliphatic carbocycles. The van der Waals surface area contributed by atoms with E-state index in [4.69, 9.17) is 28.4 Å². The van der Waals surface area contributed by atoms with E-state index >= 15 is 0 Å². The highest BCUT2D eigenvalue weighted by atomic mass is 16.6. The van der Waals surface area contributed by atoms with Gasteiger partial charge in [-0.1, -0.05) is 243 Å². The molecule has 0 amide bonds. The fourth-order valence-electron chi connectivity index (χ4n) is 14.8. The first-order valence-electron chi connectivity index (χ1n) is 31.2. The highest BCUT2D eigenvalue weighted by Gasteiger charge is 2.57. The summed E-state index contributed by atoms with van der Waals surface area (Å²) in [5, 5.41) is 11.6. The van der Waals surface area contributed by atoms with E-state index in [-0.39, 0.29) is 25.4 Å². The number of hydrogen-bond donors (Lipinski definition) is 1. The van der Waals surface area contributed by atoms with Gasteiger partial charge in [0.25, 0.3) is 0 Å². The highest BCUT2D eigenvalue weighted by molar-refractivity contribution is 5.69. The van der Waals surface area contributed by atoms with Crippen molar-refractivity contribution in [3.63, 3.8) is 0 Å². The lowest BCUT2D eigenvalue weighted by atomic mass is 9.64. The number of epoxide rings is 2. The van der Waals surface area contributed by atoms with Gasteiger partial charge >= 0.3 is 0 Å². The van der Waals surface area contributed by atoms with Gasteiger partial charge in [0.05, 0.1) is 37.6 Å². The summed E-state index contributed by atoms with van der Waals surface area (Å²) in [6.45, 7) is 11.2. The zero-order valence-corrected chi connectivity index (χ0v) is 50.7. The molecule has 14 rings (SSSR count). The minimum atomic E-state index is -0.890. The summed E-state index contributed by atoms with van der Waals surface area (Å²) in [5.41, 5.74) is 13.7. The summed E-state index contributed by atoms with van der Waals surface area (Å²) >= 11 is 0. The van der Waals surface area contributed by atoms with Crippen LogP contribution in [-0.2, 0) is 51.8 Å². The third-order valence-electron chi connectivity index (χ3n) is 19.6. The van der Waals surface area contributed by atoms with Crippen LogP contribution in [0.1, 0.15) is 118 Å². The van der Waals surface area contributed by atoms with Gasteiger partial charge in [-0.05, 0) is 143 Å². The van der Waals surface area contributed by atoms with Crippen molar-refractivity contribution in [2.24, 2.45) is 0 Å². The molecule has 5 atom stereocenters. The number of ether oxygens (including phenoxy) is 6. The largest absolute Gasteiger partial charge is 0.491 e. The van der Waals surface area contributed by atoms with Gasteiger partial charge in [-0.15, -0.1) is 0 Å². The Kier molecular flexibility index (Phi) is 15.2. The highest BCUT2D eigenvalue weighted by Crippen LogP contribution is 2.63. The van der Waals surface area contributed by atoms with Crippen molar-refractivity contribution in [3.05, 3.63) is 345 Å². The predicted molar refractivity (Wildman–Crippen MR) is 348 cm³/mol. The van der Waals surface area contributed by atoms with Crippen LogP contribution in [0.2, 0.25) is 0 Å². The normalized spacial score (nSPS) is 20.8. The molecule has 442 valence electrons. The van der Waals surface area contributed by atoms with E-state index in [1.807, 2.05) is 0 Å². The van der Waals surface area contributed by atoms with E-state index in [1.54, 1.807) is 0 Å². The van der Waals surface area contributed by atoms with Gasteiger partial charge in [-0.25, -0.2) is 0 Å². The third kappa shape index (κ3) is 10.4. The van der Waals surface area contributed by atoms with Crippen LogP contribution in [0.5, 0.6) is 11.5 Å². The number of hydrogen-bond acceptors (Lipinski definition) is 7. The molecule has 0 radical (unpaired) electrons. The van der Waals surface area contributed by atoms with Gasteiger partial charge in [0.2, 0.25) is 0 Å². The van der Waals surface area contributed by atoms with Crippen LogP contribution in [0, 0.1) is 0 Å². The first-order chi connectivity index (χ1) is 42.9. The van der Waals surface area contributed by atoms with Crippen molar-refractivity contribution in [1.82, 2.24) is 0 Å². The van der Waals surface area contributed by atoms with Crippen molar-refractivity contribution in [3.8, 4) is 11.5 Å². The molecular formula is C81H76O7. The molecule has 2 aliphatic heterocycles. The Morgan fingerprint density at radius 2 is 0.636 bits per heavy atom. The Balaban J connectivity index is 0.728. The van der Waals surface area contributed by atoms with Gasteiger partial charge in [0, 0.05) is 21.7 Å². The third-order valence-corrected chi connectivity index (χ3v) is 19.6. The Labute approximate surface area is 518 Å². The zero-order valence-electron chi connectivity index (χ0n) is 50.7. The molecule has 2 saturated heterocycles. The summed E-state index contributed by atoms with van der Waals surface area (Å²) < 4.78 is 36.7. The lowest BCUT2D eigenvalue weighted by molar-refractivity contribution is -0.0717. The summed E-state index contributed by atoms with van der Waals surface area (Å²) in [5.74, 6) is 1.50. The molecule has 2 heterocycles. The second kappa shape index (κ2) is 23.3. The molecule has 10 aromatic rings. The Morgan fingerprint density at radius 3 is 0.977 bits per heavy atom. The quantitative estimate of drug-likeness (QED) is 0.0677. The summed E-state index contributed by atoms with van der Waals surface area (Å²) in [6, 6.07) is 97.4. The van der Waals surface area contributed by atoms with Crippen molar-refractivity contribution in [2.75, 3.05) is 39.6 Å². The van der Waals surface area contributed by atoms with E-state index in [2.05, 4.69) is 295 Å². The maximum Gasteiger partial charge on any atom is 0.119 e. The number of fused-ring (bicyclic) bond motifs is 2. The van der Waals surface area contributed by atoms with E-state index in [1.165, 1.54) is 61.2 Å². The maximum absolute atomic E-state index is 11.6. The van der Waals surface area contributed by atoms with Crippen molar-refractivity contribution in [1.29, 1.82) is 0 Å². The molecule has 10 aromatic carbocycles. The molecule has 0 saturated carbocycles. The fraction of sp³-hybridized carbons (Fsp3) is 0.259. The Morgan fingerprint density at radius 1 is 0.352 bits per heavy atom. The molecule has 88 heavy (non-hydrogen) atoms. The van der Waals surface area contributed by atoms with Crippen molar-refractivity contribution < 1.29 is 33.5 Å². The topological polar surface area (TPSA) is 82.2 Å². The fourth-order valence-corrected chi connectivity index (χ4v) is 14.8. The Hall–Kier alpha value is -8.40. The minimum absolute atomic E-state index is 0.0599. The second-order valence-electron chi connectivity index (χ2n) is 25.6. The van der Waals surface area contributed by atoms with Crippen LogP contribution in [0.25, 0.3) is 0 Å². The smallest absolute Gasteiger partial charge is 0.119 e.